The lowest BCUT2D eigenvalue weighted by atomic mass is 9.79. The number of aryl methyl sites for hydroxylation is 1. The molecule has 2 aliphatic rings. The topological polar surface area (TPSA) is 52.7 Å². The number of nitrogens with one attached hydrogen (secondary N) is 1. The Kier molecular flexibility index (Phi) is 5.67. The van der Waals surface area contributed by atoms with Crippen molar-refractivity contribution >= 4 is 46.6 Å². The first-order valence-electron chi connectivity index (χ1n) is 11.0. The number of carbonyl (C=O) groups excluding carboxylic acids is 2. The van der Waals surface area contributed by atoms with E-state index in [0.717, 1.165) is 24.1 Å². The van der Waals surface area contributed by atoms with Crippen LogP contribution in [0.5, 0.6) is 0 Å². The molecular weight excluding hydrogens is 418 g/mol. The minimum Gasteiger partial charge on any atom is -0.366 e. The van der Waals surface area contributed by atoms with Gasteiger partial charge in [-0.15, -0.1) is 0 Å². The average molecular weight is 448 g/mol. The fourth-order valence-corrected chi connectivity index (χ4v) is 5.23. The molecule has 0 spiro atoms. The van der Waals surface area contributed by atoms with Gasteiger partial charge < -0.3 is 4.90 Å². The minimum atomic E-state index is -0.467. The monoisotopic (exact) mass is 447 g/mol. The van der Waals surface area contributed by atoms with E-state index in [1.54, 1.807) is 6.08 Å². The SMILES string of the molecule is CCN1c2ccc(/C=C3\C(=O)NC(=S)N(c4ccc(C)cc4)C3=O)cc2[C@@H](C)CC1(C)C. The fraction of sp³-hybridized carbons (Fsp3) is 0.346. The van der Waals surface area contributed by atoms with E-state index in [9.17, 15) is 9.59 Å². The van der Waals surface area contributed by atoms with Crippen molar-refractivity contribution in [2.75, 3.05) is 16.3 Å². The summed E-state index contributed by atoms with van der Waals surface area (Å²) in [6, 6.07) is 13.7. The smallest absolute Gasteiger partial charge is 0.270 e. The number of rotatable bonds is 3. The van der Waals surface area contributed by atoms with E-state index in [-0.39, 0.29) is 16.2 Å². The summed E-state index contributed by atoms with van der Waals surface area (Å²) in [6.45, 7) is 11.9. The van der Waals surface area contributed by atoms with Gasteiger partial charge in [-0.05, 0) is 93.7 Å². The van der Waals surface area contributed by atoms with Crippen molar-refractivity contribution in [3.8, 4) is 0 Å². The number of hydrogen-bond acceptors (Lipinski definition) is 4. The van der Waals surface area contributed by atoms with Crippen LogP contribution in [0.2, 0.25) is 0 Å². The highest BCUT2D eigenvalue weighted by Gasteiger charge is 2.36. The van der Waals surface area contributed by atoms with Crippen LogP contribution in [0.15, 0.2) is 48.0 Å². The van der Waals surface area contributed by atoms with Crippen LogP contribution in [0.4, 0.5) is 11.4 Å². The number of fused-ring (bicyclic) bond motifs is 1. The molecule has 1 fully saturated rings. The molecule has 1 saturated heterocycles. The van der Waals surface area contributed by atoms with Gasteiger partial charge in [0.25, 0.3) is 11.8 Å². The number of anilines is 2. The second-order valence-corrected chi connectivity index (χ2v) is 9.66. The highest BCUT2D eigenvalue weighted by molar-refractivity contribution is 7.80. The Morgan fingerprint density at radius 1 is 1.16 bits per heavy atom. The van der Waals surface area contributed by atoms with E-state index in [2.05, 4.69) is 50.0 Å². The molecule has 2 heterocycles. The van der Waals surface area contributed by atoms with Gasteiger partial charge in [-0.1, -0.05) is 30.7 Å². The first-order chi connectivity index (χ1) is 15.1. The molecule has 1 atom stereocenters. The second-order valence-electron chi connectivity index (χ2n) is 9.27. The molecule has 4 rings (SSSR count). The first-order valence-corrected chi connectivity index (χ1v) is 11.4. The minimum absolute atomic E-state index is 0.0789. The lowest BCUT2D eigenvalue weighted by Crippen LogP contribution is -2.54. The molecule has 1 N–H and O–H groups in total. The number of carbonyl (C=O) groups is 2. The lowest BCUT2D eigenvalue weighted by molar-refractivity contribution is -0.122. The Labute approximate surface area is 195 Å². The summed E-state index contributed by atoms with van der Waals surface area (Å²) in [7, 11) is 0. The summed E-state index contributed by atoms with van der Waals surface area (Å²) in [4.78, 5) is 29.7. The van der Waals surface area contributed by atoms with Crippen LogP contribution < -0.4 is 15.1 Å². The van der Waals surface area contributed by atoms with Crippen LogP contribution in [-0.4, -0.2) is 29.0 Å². The molecule has 2 aromatic rings. The molecule has 2 aliphatic heterocycles. The van der Waals surface area contributed by atoms with E-state index < -0.39 is 11.8 Å². The van der Waals surface area contributed by atoms with Crippen LogP contribution in [-0.2, 0) is 9.59 Å². The largest absolute Gasteiger partial charge is 0.366 e. The lowest BCUT2D eigenvalue weighted by Gasteiger charge is -2.47. The van der Waals surface area contributed by atoms with Crippen LogP contribution in [0.25, 0.3) is 6.08 Å². The maximum atomic E-state index is 13.3. The molecule has 0 bridgehead atoms. The van der Waals surface area contributed by atoms with E-state index in [1.165, 1.54) is 16.2 Å². The molecule has 32 heavy (non-hydrogen) atoms. The van der Waals surface area contributed by atoms with Crippen LogP contribution in [0, 0.1) is 6.92 Å². The van der Waals surface area contributed by atoms with Crippen molar-refractivity contribution < 1.29 is 9.59 Å². The van der Waals surface area contributed by atoms with Crippen molar-refractivity contribution in [1.29, 1.82) is 0 Å². The molecular formula is C26H29N3O2S. The van der Waals surface area contributed by atoms with E-state index in [1.807, 2.05) is 37.3 Å². The molecule has 2 amide bonds. The molecule has 0 radical (unpaired) electrons. The highest BCUT2D eigenvalue weighted by Crippen LogP contribution is 2.43. The van der Waals surface area contributed by atoms with Gasteiger partial charge >= 0.3 is 0 Å². The van der Waals surface area contributed by atoms with Gasteiger partial charge in [0.1, 0.15) is 5.57 Å². The molecule has 166 valence electrons. The number of amides is 2. The van der Waals surface area contributed by atoms with Gasteiger partial charge in [0.15, 0.2) is 5.11 Å². The number of nitrogens with zero attached hydrogens (tertiary/aromatic N) is 2. The predicted molar refractivity (Wildman–Crippen MR) is 134 cm³/mol. The highest BCUT2D eigenvalue weighted by atomic mass is 32.1. The Bertz CT molecular complexity index is 1130. The summed E-state index contributed by atoms with van der Waals surface area (Å²) in [5.74, 6) is -0.496. The normalized spacial score (nSPS) is 21.6. The molecule has 0 aromatic heterocycles. The van der Waals surface area contributed by atoms with E-state index in [4.69, 9.17) is 12.2 Å². The zero-order chi connectivity index (χ0) is 23.2. The van der Waals surface area contributed by atoms with Gasteiger partial charge in [0, 0.05) is 17.8 Å². The maximum Gasteiger partial charge on any atom is 0.270 e. The zero-order valence-electron chi connectivity index (χ0n) is 19.2. The van der Waals surface area contributed by atoms with Gasteiger partial charge in [-0.25, -0.2) is 0 Å². The van der Waals surface area contributed by atoms with Crippen LogP contribution in [0.1, 0.15) is 56.7 Å². The summed E-state index contributed by atoms with van der Waals surface area (Å²) >= 11 is 5.30. The summed E-state index contributed by atoms with van der Waals surface area (Å²) in [5.41, 5.74) is 5.19. The maximum absolute atomic E-state index is 13.3. The van der Waals surface area contributed by atoms with Gasteiger partial charge in [-0.3, -0.25) is 19.8 Å². The third kappa shape index (κ3) is 3.84. The Morgan fingerprint density at radius 3 is 2.50 bits per heavy atom. The summed E-state index contributed by atoms with van der Waals surface area (Å²) in [5, 5.41) is 2.76. The molecule has 2 aromatic carbocycles. The number of benzene rings is 2. The van der Waals surface area contributed by atoms with Crippen molar-refractivity contribution in [2.24, 2.45) is 0 Å². The quantitative estimate of drug-likeness (QED) is 0.411. The average Bonchev–Trinajstić information content (AvgIpc) is 2.72. The Morgan fingerprint density at radius 2 is 1.84 bits per heavy atom. The van der Waals surface area contributed by atoms with Gasteiger partial charge in [0.2, 0.25) is 0 Å². The third-order valence-electron chi connectivity index (χ3n) is 6.43. The van der Waals surface area contributed by atoms with Crippen molar-refractivity contribution in [3.05, 3.63) is 64.7 Å². The Hall–Kier alpha value is -2.99. The standard InChI is InChI=1S/C26H29N3O2S/c1-6-28-22-12-9-18(13-20(22)17(3)15-26(28,4)5)14-21-23(30)27-25(32)29(24(21)31)19-10-7-16(2)8-11-19/h7-14,17H,6,15H2,1-5H3,(H,27,30,32)/b21-14+/t17-/m0/s1. The summed E-state index contributed by atoms with van der Waals surface area (Å²) < 4.78 is 0. The summed E-state index contributed by atoms with van der Waals surface area (Å²) in [6.07, 6.45) is 2.71. The van der Waals surface area contributed by atoms with E-state index in [0.29, 0.717) is 11.6 Å². The Balaban J connectivity index is 1.72. The third-order valence-corrected chi connectivity index (χ3v) is 6.72. The van der Waals surface area contributed by atoms with Crippen molar-refractivity contribution in [1.82, 2.24) is 5.32 Å². The molecule has 0 saturated carbocycles. The fourth-order valence-electron chi connectivity index (χ4n) is 4.95. The number of thiocarbonyl (C=S) groups is 1. The van der Waals surface area contributed by atoms with Crippen molar-refractivity contribution in [2.45, 2.75) is 52.5 Å². The number of hydrogen-bond donors (Lipinski definition) is 1. The molecule has 0 unspecified atom stereocenters. The van der Waals surface area contributed by atoms with Crippen LogP contribution >= 0.6 is 12.2 Å². The molecule has 0 aliphatic carbocycles. The first kappa shape index (κ1) is 22.2. The van der Waals surface area contributed by atoms with Gasteiger partial charge in [0.05, 0.1) is 5.69 Å². The zero-order valence-corrected chi connectivity index (χ0v) is 20.0. The molecule has 5 nitrogen and oxygen atoms in total. The van der Waals surface area contributed by atoms with Crippen LogP contribution in [0.3, 0.4) is 0 Å². The second kappa shape index (κ2) is 8.17. The van der Waals surface area contributed by atoms with E-state index >= 15 is 0 Å². The molecule has 6 heteroatoms. The predicted octanol–water partition coefficient (Wildman–Crippen LogP) is 4.94. The van der Waals surface area contributed by atoms with Crippen molar-refractivity contribution in [3.63, 3.8) is 0 Å². The van der Waals surface area contributed by atoms with Gasteiger partial charge in [-0.2, -0.15) is 0 Å².